The van der Waals surface area contributed by atoms with Crippen molar-refractivity contribution in [2.45, 2.75) is 12.8 Å². The lowest BCUT2D eigenvalue weighted by molar-refractivity contribution is -0.137. The first-order chi connectivity index (χ1) is 8.32. The van der Waals surface area contributed by atoms with Crippen molar-refractivity contribution >= 4 is 21.8 Å². The highest BCUT2D eigenvalue weighted by atomic mass is 32.2. The number of carboxylic acids is 1. The summed E-state index contributed by atoms with van der Waals surface area (Å²) < 4.78 is 22.4. The number of rotatable bonds is 4. The lowest BCUT2D eigenvalue weighted by Crippen LogP contribution is -2.48. The van der Waals surface area contributed by atoms with Crippen LogP contribution < -0.4 is 0 Å². The van der Waals surface area contributed by atoms with Crippen LogP contribution in [-0.4, -0.2) is 73.5 Å². The summed E-state index contributed by atoms with van der Waals surface area (Å²) in [4.78, 5) is 25.2. The molecule has 0 aromatic carbocycles. The molecule has 1 heterocycles. The molecule has 7 nitrogen and oxygen atoms in total. The number of nitrogens with zero attached hydrogens (tertiary/aromatic N) is 2. The lowest BCUT2D eigenvalue weighted by Gasteiger charge is -2.30. The summed E-state index contributed by atoms with van der Waals surface area (Å²) in [6.45, 7) is 0.781. The summed E-state index contributed by atoms with van der Waals surface area (Å²) in [5.41, 5.74) is 0. The first kappa shape index (κ1) is 14.7. The third-order valence-corrected chi connectivity index (χ3v) is 4.43. The molecule has 0 unspecified atom stereocenters. The van der Waals surface area contributed by atoms with Crippen molar-refractivity contribution in [1.82, 2.24) is 9.80 Å². The van der Waals surface area contributed by atoms with Crippen LogP contribution in [-0.2, 0) is 14.6 Å². The molecule has 2 amide bonds. The number of sulfone groups is 1. The van der Waals surface area contributed by atoms with Crippen molar-refractivity contribution in [2.24, 2.45) is 0 Å². The summed E-state index contributed by atoms with van der Waals surface area (Å²) in [5.74, 6) is -0.886. The van der Waals surface area contributed by atoms with Crippen LogP contribution in [0.4, 0.5) is 4.79 Å². The van der Waals surface area contributed by atoms with Gasteiger partial charge in [0.15, 0.2) is 9.84 Å². The average Bonchev–Trinajstić information content (AvgIpc) is 2.27. The van der Waals surface area contributed by atoms with Gasteiger partial charge in [-0.3, -0.25) is 4.79 Å². The molecule has 0 spiro atoms. The van der Waals surface area contributed by atoms with Gasteiger partial charge in [-0.15, -0.1) is 0 Å². The lowest BCUT2D eigenvalue weighted by atomic mass is 10.3. The molecular formula is C10H18N2O5S. The third kappa shape index (κ3) is 4.52. The molecule has 0 bridgehead atoms. The Bertz CT molecular complexity index is 406. The third-order valence-electron chi connectivity index (χ3n) is 2.83. The topological polar surface area (TPSA) is 95.0 Å². The van der Waals surface area contributed by atoms with Crippen LogP contribution in [0.1, 0.15) is 12.8 Å². The van der Waals surface area contributed by atoms with E-state index in [9.17, 15) is 18.0 Å². The van der Waals surface area contributed by atoms with Crippen LogP contribution in [0.15, 0.2) is 0 Å². The second-order valence-electron chi connectivity index (χ2n) is 4.34. The first-order valence-corrected chi connectivity index (χ1v) is 7.56. The number of hydrogen-bond donors (Lipinski definition) is 1. The Morgan fingerprint density at radius 1 is 1.28 bits per heavy atom. The summed E-state index contributed by atoms with van der Waals surface area (Å²) in [7, 11) is -1.40. The molecule has 1 N–H and O–H groups in total. The number of amides is 2. The molecule has 18 heavy (non-hydrogen) atoms. The Morgan fingerprint density at radius 2 is 1.83 bits per heavy atom. The van der Waals surface area contributed by atoms with Gasteiger partial charge >= 0.3 is 12.0 Å². The minimum atomic E-state index is -2.99. The highest BCUT2D eigenvalue weighted by molar-refractivity contribution is 7.91. The average molecular weight is 278 g/mol. The number of carbonyl (C=O) groups is 2. The van der Waals surface area contributed by atoms with Crippen LogP contribution >= 0.6 is 0 Å². The quantitative estimate of drug-likeness (QED) is 0.757. The highest BCUT2D eigenvalue weighted by Gasteiger charge is 2.26. The van der Waals surface area contributed by atoms with Crippen molar-refractivity contribution in [3.8, 4) is 0 Å². The summed E-state index contributed by atoms with van der Waals surface area (Å²) >= 11 is 0. The van der Waals surface area contributed by atoms with Crippen LogP contribution in [0, 0.1) is 0 Å². The first-order valence-electron chi connectivity index (χ1n) is 5.74. The van der Waals surface area contributed by atoms with Gasteiger partial charge in [0.2, 0.25) is 0 Å². The van der Waals surface area contributed by atoms with E-state index in [1.807, 2.05) is 0 Å². The highest BCUT2D eigenvalue weighted by Crippen LogP contribution is 2.07. The summed E-state index contributed by atoms with van der Waals surface area (Å²) in [6.07, 6.45) is 0.412. The minimum Gasteiger partial charge on any atom is -0.481 e. The van der Waals surface area contributed by atoms with E-state index in [0.29, 0.717) is 13.0 Å². The fraction of sp³-hybridized carbons (Fsp3) is 0.800. The molecule has 0 radical (unpaired) electrons. The zero-order valence-electron chi connectivity index (χ0n) is 10.3. The van der Waals surface area contributed by atoms with Gasteiger partial charge in [0, 0.05) is 33.1 Å². The molecular weight excluding hydrogens is 260 g/mol. The van der Waals surface area contributed by atoms with Gasteiger partial charge in [-0.05, 0) is 6.42 Å². The largest absolute Gasteiger partial charge is 0.481 e. The fourth-order valence-electron chi connectivity index (χ4n) is 1.71. The van der Waals surface area contributed by atoms with E-state index in [1.54, 1.807) is 7.05 Å². The van der Waals surface area contributed by atoms with Crippen molar-refractivity contribution in [2.75, 3.05) is 38.2 Å². The molecule has 8 heteroatoms. The minimum absolute atomic E-state index is 0.00169. The van der Waals surface area contributed by atoms with E-state index in [4.69, 9.17) is 5.11 Å². The van der Waals surface area contributed by atoms with E-state index < -0.39 is 15.8 Å². The van der Waals surface area contributed by atoms with Crippen LogP contribution in [0.25, 0.3) is 0 Å². The molecule has 1 aliphatic heterocycles. The number of hydrogen-bond acceptors (Lipinski definition) is 4. The molecule has 104 valence electrons. The van der Waals surface area contributed by atoms with Gasteiger partial charge in [0.05, 0.1) is 11.5 Å². The molecule has 0 aliphatic carbocycles. The normalized spacial score (nSPS) is 18.4. The monoisotopic (exact) mass is 278 g/mol. The van der Waals surface area contributed by atoms with Gasteiger partial charge < -0.3 is 14.9 Å². The SMILES string of the molecule is CN(CCCC(=O)O)C(=O)N1CCS(=O)(=O)CC1. The number of urea groups is 1. The van der Waals surface area contributed by atoms with Crippen LogP contribution in [0.5, 0.6) is 0 Å². The second kappa shape index (κ2) is 6.03. The molecule has 0 atom stereocenters. The van der Waals surface area contributed by atoms with Gasteiger partial charge in [-0.25, -0.2) is 13.2 Å². The van der Waals surface area contributed by atoms with E-state index in [1.165, 1.54) is 9.80 Å². The number of carboxylic acid groups (broad SMARTS) is 1. The van der Waals surface area contributed by atoms with E-state index in [2.05, 4.69) is 0 Å². The van der Waals surface area contributed by atoms with Crippen molar-refractivity contribution in [3.63, 3.8) is 0 Å². The van der Waals surface area contributed by atoms with Crippen molar-refractivity contribution < 1.29 is 23.1 Å². The summed E-state index contributed by atoms with van der Waals surface area (Å²) in [6, 6.07) is -0.240. The molecule has 0 saturated carbocycles. The van der Waals surface area contributed by atoms with Gasteiger partial charge in [-0.1, -0.05) is 0 Å². The molecule has 0 aromatic heterocycles. The van der Waals surface area contributed by atoms with Crippen molar-refractivity contribution in [1.29, 1.82) is 0 Å². The van der Waals surface area contributed by atoms with E-state index >= 15 is 0 Å². The van der Waals surface area contributed by atoms with E-state index in [-0.39, 0.29) is 37.0 Å². The maximum atomic E-state index is 11.9. The number of carbonyl (C=O) groups excluding carboxylic acids is 1. The molecule has 1 saturated heterocycles. The van der Waals surface area contributed by atoms with Crippen LogP contribution in [0.2, 0.25) is 0 Å². The Hall–Kier alpha value is -1.31. The van der Waals surface area contributed by atoms with Crippen molar-refractivity contribution in [3.05, 3.63) is 0 Å². The molecule has 1 rings (SSSR count). The predicted octanol–water partition coefficient (Wildman–Crippen LogP) is -0.367. The Balaban J connectivity index is 2.38. The number of aliphatic carboxylic acids is 1. The van der Waals surface area contributed by atoms with Gasteiger partial charge in [0.25, 0.3) is 0 Å². The molecule has 0 aromatic rings. The maximum absolute atomic E-state index is 11.9. The van der Waals surface area contributed by atoms with Gasteiger partial charge in [-0.2, -0.15) is 0 Å². The maximum Gasteiger partial charge on any atom is 0.319 e. The Kier molecular flexibility index (Phi) is 4.94. The zero-order valence-corrected chi connectivity index (χ0v) is 11.1. The van der Waals surface area contributed by atoms with Crippen LogP contribution in [0.3, 0.4) is 0 Å². The Morgan fingerprint density at radius 3 is 2.33 bits per heavy atom. The zero-order chi connectivity index (χ0) is 13.8. The van der Waals surface area contributed by atoms with Gasteiger partial charge in [0.1, 0.15) is 0 Å². The Labute approximate surface area is 106 Å². The predicted molar refractivity (Wildman–Crippen MR) is 65.1 cm³/mol. The fourth-order valence-corrected chi connectivity index (χ4v) is 2.91. The molecule has 1 fully saturated rings. The molecule has 1 aliphatic rings. The summed E-state index contributed by atoms with van der Waals surface area (Å²) in [5, 5.41) is 8.49. The van der Waals surface area contributed by atoms with E-state index in [0.717, 1.165) is 0 Å². The smallest absolute Gasteiger partial charge is 0.319 e. The standard InChI is InChI=1S/C10H18N2O5S/c1-11(4-2-3-9(13)14)10(15)12-5-7-18(16,17)8-6-12/h2-8H2,1H3,(H,13,14). The second-order valence-corrected chi connectivity index (χ2v) is 6.64.